The van der Waals surface area contributed by atoms with Gasteiger partial charge in [0.2, 0.25) is 0 Å². The standard InChI is InChI=1S/C22H22FN3O/c1-26(16-17-7-3-2-4-8-17)22(27)19-13-20(15-24-14-19)25-12-11-18-9-5-6-10-21(18)23/h2-10,13-15,25H,11-12,16H2,1H3. The quantitative estimate of drug-likeness (QED) is 0.686. The lowest BCUT2D eigenvalue weighted by molar-refractivity contribution is 0.0784. The zero-order chi connectivity index (χ0) is 19.1. The number of amides is 1. The van der Waals surface area contributed by atoms with Gasteiger partial charge in [-0.1, -0.05) is 48.5 Å². The largest absolute Gasteiger partial charge is 0.383 e. The number of hydrogen-bond donors (Lipinski definition) is 1. The molecule has 0 radical (unpaired) electrons. The van der Waals surface area contributed by atoms with E-state index in [0.29, 0.717) is 30.6 Å². The van der Waals surface area contributed by atoms with Crippen molar-refractivity contribution in [2.24, 2.45) is 0 Å². The van der Waals surface area contributed by atoms with Crippen molar-refractivity contribution in [3.05, 3.63) is 95.6 Å². The van der Waals surface area contributed by atoms with Crippen molar-refractivity contribution in [1.82, 2.24) is 9.88 Å². The Morgan fingerprint density at radius 2 is 1.81 bits per heavy atom. The lowest BCUT2D eigenvalue weighted by Crippen LogP contribution is -2.26. The molecule has 4 nitrogen and oxygen atoms in total. The molecule has 0 fully saturated rings. The van der Waals surface area contributed by atoms with E-state index in [1.165, 1.54) is 6.07 Å². The molecule has 3 aromatic rings. The molecule has 0 saturated carbocycles. The van der Waals surface area contributed by atoms with Gasteiger partial charge in [-0.15, -0.1) is 0 Å². The Kier molecular flexibility index (Phi) is 6.15. The lowest BCUT2D eigenvalue weighted by Gasteiger charge is -2.17. The number of carbonyl (C=O) groups is 1. The van der Waals surface area contributed by atoms with E-state index < -0.39 is 0 Å². The molecule has 0 spiro atoms. The van der Waals surface area contributed by atoms with E-state index in [0.717, 1.165) is 11.3 Å². The zero-order valence-corrected chi connectivity index (χ0v) is 15.2. The molecule has 0 aliphatic rings. The second-order valence-corrected chi connectivity index (χ2v) is 6.38. The highest BCUT2D eigenvalue weighted by atomic mass is 19.1. The maximum absolute atomic E-state index is 13.7. The number of benzene rings is 2. The molecular formula is C22H22FN3O. The molecular weight excluding hydrogens is 341 g/mol. The molecule has 1 heterocycles. The first kappa shape index (κ1) is 18.6. The van der Waals surface area contributed by atoms with E-state index in [2.05, 4.69) is 10.3 Å². The van der Waals surface area contributed by atoms with Gasteiger partial charge >= 0.3 is 0 Å². The fourth-order valence-electron chi connectivity index (χ4n) is 2.85. The molecule has 2 aromatic carbocycles. The van der Waals surface area contributed by atoms with Gasteiger partial charge < -0.3 is 10.2 Å². The van der Waals surface area contributed by atoms with Crippen LogP contribution in [0.1, 0.15) is 21.5 Å². The van der Waals surface area contributed by atoms with Crippen molar-refractivity contribution >= 4 is 11.6 Å². The minimum absolute atomic E-state index is 0.0934. The van der Waals surface area contributed by atoms with Crippen LogP contribution >= 0.6 is 0 Å². The molecule has 0 unspecified atom stereocenters. The van der Waals surface area contributed by atoms with Crippen molar-refractivity contribution in [3.63, 3.8) is 0 Å². The molecule has 5 heteroatoms. The first-order chi connectivity index (χ1) is 13.1. The number of rotatable bonds is 7. The summed E-state index contributed by atoms with van der Waals surface area (Å²) in [5.74, 6) is -0.298. The summed E-state index contributed by atoms with van der Waals surface area (Å²) >= 11 is 0. The van der Waals surface area contributed by atoms with Crippen LogP contribution in [0.5, 0.6) is 0 Å². The Morgan fingerprint density at radius 3 is 2.59 bits per heavy atom. The predicted molar refractivity (Wildman–Crippen MR) is 105 cm³/mol. The number of nitrogens with zero attached hydrogens (tertiary/aromatic N) is 2. The van der Waals surface area contributed by atoms with Gasteiger partial charge in [0, 0.05) is 32.5 Å². The minimum Gasteiger partial charge on any atom is -0.383 e. The number of halogens is 1. The van der Waals surface area contributed by atoms with Crippen LogP contribution in [0.4, 0.5) is 10.1 Å². The summed E-state index contributed by atoms with van der Waals surface area (Å²) in [6, 6.07) is 18.3. The third-order valence-corrected chi connectivity index (χ3v) is 4.28. The third kappa shape index (κ3) is 5.14. The monoisotopic (exact) mass is 363 g/mol. The Bertz CT molecular complexity index is 899. The van der Waals surface area contributed by atoms with E-state index >= 15 is 0 Å². The van der Waals surface area contributed by atoms with Gasteiger partial charge in [0.25, 0.3) is 5.91 Å². The van der Waals surface area contributed by atoms with Crippen LogP contribution in [0.2, 0.25) is 0 Å². The van der Waals surface area contributed by atoms with Gasteiger partial charge in [-0.3, -0.25) is 9.78 Å². The van der Waals surface area contributed by atoms with Crippen LogP contribution in [-0.4, -0.2) is 29.4 Å². The summed E-state index contributed by atoms with van der Waals surface area (Å²) in [6.45, 7) is 1.09. The molecule has 1 N–H and O–H groups in total. The summed E-state index contributed by atoms with van der Waals surface area (Å²) in [5.41, 5.74) is 2.99. The third-order valence-electron chi connectivity index (χ3n) is 4.28. The van der Waals surface area contributed by atoms with Gasteiger partial charge in [-0.25, -0.2) is 4.39 Å². The van der Waals surface area contributed by atoms with Crippen molar-refractivity contribution in [1.29, 1.82) is 0 Å². The van der Waals surface area contributed by atoms with Gasteiger partial charge in [0.05, 0.1) is 11.3 Å². The van der Waals surface area contributed by atoms with Crippen molar-refractivity contribution in [2.45, 2.75) is 13.0 Å². The van der Waals surface area contributed by atoms with Crippen LogP contribution in [0.25, 0.3) is 0 Å². The maximum Gasteiger partial charge on any atom is 0.255 e. The normalized spacial score (nSPS) is 10.4. The molecule has 0 aliphatic heterocycles. The highest BCUT2D eigenvalue weighted by molar-refractivity contribution is 5.94. The Hall–Kier alpha value is -3.21. The van der Waals surface area contributed by atoms with Crippen LogP contribution in [0.15, 0.2) is 73.1 Å². The first-order valence-electron chi connectivity index (χ1n) is 8.85. The van der Waals surface area contributed by atoms with E-state index in [-0.39, 0.29) is 11.7 Å². The molecule has 0 bridgehead atoms. The van der Waals surface area contributed by atoms with Crippen LogP contribution in [-0.2, 0) is 13.0 Å². The molecule has 1 aromatic heterocycles. The molecule has 27 heavy (non-hydrogen) atoms. The van der Waals surface area contributed by atoms with Gasteiger partial charge in [-0.05, 0) is 29.7 Å². The number of anilines is 1. The average Bonchev–Trinajstić information content (AvgIpc) is 2.70. The van der Waals surface area contributed by atoms with Crippen molar-refractivity contribution in [2.75, 3.05) is 18.9 Å². The number of aromatic nitrogens is 1. The smallest absolute Gasteiger partial charge is 0.255 e. The first-order valence-corrected chi connectivity index (χ1v) is 8.85. The summed E-state index contributed by atoms with van der Waals surface area (Å²) in [7, 11) is 1.77. The van der Waals surface area contributed by atoms with Gasteiger partial charge in [0.15, 0.2) is 0 Å². The van der Waals surface area contributed by atoms with E-state index in [4.69, 9.17) is 0 Å². The number of pyridine rings is 1. The number of nitrogens with one attached hydrogen (secondary N) is 1. The number of hydrogen-bond acceptors (Lipinski definition) is 3. The Labute approximate surface area is 158 Å². The molecule has 0 atom stereocenters. The van der Waals surface area contributed by atoms with E-state index in [1.807, 2.05) is 36.4 Å². The predicted octanol–water partition coefficient (Wildman–Crippen LogP) is 4.15. The van der Waals surface area contributed by atoms with Crippen LogP contribution in [0.3, 0.4) is 0 Å². The topological polar surface area (TPSA) is 45.2 Å². The molecule has 3 rings (SSSR count). The summed E-state index contributed by atoms with van der Waals surface area (Å²) < 4.78 is 13.7. The van der Waals surface area contributed by atoms with Gasteiger partial charge in [0.1, 0.15) is 5.82 Å². The fourth-order valence-corrected chi connectivity index (χ4v) is 2.85. The fraction of sp³-hybridized carbons (Fsp3) is 0.182. The zero-order valence-electron chi connectivity index (χ0n) is 15.2. The molecule has 0 saturated heterocycles. The highest BCUT2D eigenvalue weighted by Gasteiger charge is 2.13. The Morgan fingerprint density at radius 1 is 1.07 bits per heavy atom. The van der Waals surface area contributed by atoms with Gasteiger partial charge in [-0.2, -0.15) is 0 Å². The van der Waals surface area contributed by atoms with E-state index in [1.54, 1.807) is 42.5 Å². The second kappa shape index (κ2) is 8.94. The molecule has 1 amide bonds. The van der Waals surface area contributed by atoms with Crippen LogP contribution < -0.4 is 5.32 Å². The summed E-state index contributed by atoms with van der Waals surface area (Å²) in [5, 5.41) is 3.20. The average molecular weight is 363 g/mol. The van der Waals surface area contributed by atoms with E-state index in [9.17, 15) is 9.18 Å². The second-order valence-electron chi connectivity index (χ2n) is 6.38. The summed E-state index contributed by atoms with van der Waals surface area (Å²) in [6.07, 6.45) is 3.78. The molecule has 0 aliphatic carbocycles. The number of carbonyl (C=O) groups excluding carboxylic acids is 1. The maximum atomic E-state index is 13.7. The highest BCUT2D eigenvalue weighted by Crippen LogP contribution is 2.13. The minimum atomic E-state index is -0.205. The molecule has 138 valence electrons. The SMILES string of the molecule is CN(Cc1ccccc1)C(=O)c1cncc(NCCc2ccccc2F)c1. The van der Waals surface area contributed by atoms with Crippen molar-refractivity contribution in [3.8, 4) is 0 Å². The Balaban J connectivity index is 1.59. The lowest BCUT2D eigenvalue weighted by atomic mass is 10.1. The van der Waals surface area contributed by atoms with Crippen LogP contribution in [0, 0.1) is 5.82 Å². The van der Waals surface area contributed by atoms with Crippen molar-refractivity contribution < 1.29 is 9.18 Å². The summed E-state index contributed by atoms with van der Waals surface area (Å²) in [4.78, 5) is 18.5.